The monoisotopic (exact) mass is 545 g/mol. The van der Waals surface area contributed by atoms with E-state index in [1.54, 1.807) is 23.7 Å². The topological polar surface area (TPSA) is 111 Å². The van der Waals surface area contributed by atoms with E-state index in [2.05, 4.69) is 26.9 Å². The second-order valence-electron chi connectivity index (χ2n) is 10.8. The van der Waals surface area contributed by atoms with Crippen molar-refractivity contribution >= 4 is 44.4 Å². The van der Waals surface area contributed by atoms with Crippen LogP contribution in [-0.2, 0) is 27.7 Å². The Hall–Kier alpha value is -3.83. The highest BCUT2D eigenvalue weighted by Crippen LogP contribution is 2.44. The van der Waals surface area contributed by atoms with Gasteiger partial charge in [0.1, 0.15) is 11.2 Å². The number of morpholine rings is 1. The lowest BCUT2D eigenvalue weighted by molar-refractivity contribution is -0.153. The number of hydrogen-bond acceptors (Lipinski definition) is 9. The zero-order chi connectivity index (χ0) is 27.3. The number of nitrogens with one attached hydrogen (secondary N) is 1. The molecule has 0 bridgehead atoms. The molecule has 0 spiro atoms. The summed E-state index contributed by atoms with van der Waals surface area (Å²) in [6.45, 7) is 9.72. The minimum Gasteiger partial charge on any atom is -0.460 e. The number of carbonyl (C=O) groups is 1. The maximum atomic E-state index is 13.0. The van der Waals surface area contributed by atoms with Gasteiger partial charge in [0.25, 0.3) is 0 Å². The molecule has 5 aromatic rings. The van der Waals surface area contributed by atoms with Crippen LogP contribution in [0.3, 0.4) is 0 Å². The van der Waals surface area contributed by atoms with Gasteiger partial charge in [0.05, 0.1) is 41.6 Å². The summed E-state index contributed by atoms with van der Waals surface area (Å²) < 4.78 is 14.2. The van der Waals surface area contributed by atoms with Gasteiger partial charge in [-0.2, -0.15) is 5.10 Å². The van der Waals surface area contributed by atoms with Gasteiger partial charge >= 0.3 is 5.97 Å². The number of nitrogens with zero attached hydrogens (tertiary/aromatic N) is 6. The van der Waals surface area contributed by atoms with E-state index in [0.29, 0.717) is 25.6 Å². The van der Waals surface area contributed by atoms with Gasteiger partial charge in [0.15, 0.2) is 11.6 Å². The molecule has 10 nitrogen and oxygen atoms in total. The molecule has 0 amide bonds. The minimum absolute atomic E-state index is 0.129. The highest BCUT2D eigenvalue weighted by Gasteiger charge is 2.29. The van der Waals surface area contributed by atoms with E-state index < -0.39 is 5.60 Å². The summed E-state index contributed by atoms with van der Waals surface area (Å²) in [5.74, 6) is 1.17. The van der Waals surface area contributed by atoms with Crippen LogP contribution < -0.4 is 4.90 Å². The van der Waals surface area contributed by atoms with Crippen LogP contribution in [-0.4, -0.2) is 67.1 Å². The summed E-state index contributed by atoms with van der Waals surface area (Å²) in [7, 11) is 1.90. The zero-order valence-electron chi connectivity index (χ0n) is 22.7. The molecule has 39 heavy (non-hydrogen) atoms. The second-order valence-corrected chi connectivity index (χ2v) is 11.9. The van der Waals surface area contributed by atoms with Gasteiger partial charge in [-0.1, -0.05) is 0 Å². The Morgan fingerprint density at radius 1 is 1.23 bits per heavy atom. The lowest BCUT2D eigenvalue weighted by Gasteiger charge is -2.34. The molecule has 6 rings (SSSR count). The van der Waals surface area contributed by atoms with Crippen molar-refractivity contribution in [3.63, 3.8) is 0 Å². The average molecular weight is 546 g/mol. The SMILES string of the molecule is C[C@@H]1COCCN1c1nc(-c2ccnc3[nH]ccc23)nc2c(-c3ccnn3C)c(CC(=O)OC(C)(C)C)sc12. The smallest absolute Gasteiger partial charge is 0.311 e. The van der Waals surface area contributed by atoms with Gasteiger partial charge in [-0.3, -0.25) is 9.48 Å². The number of thiophene rings is 1. The number of carbonyl (C=O) groups excluding carboxylic acids is 1. The molecule has 1 saturated heterocycles. The van der Waals surface area contributed by atoms with Crippen LogP contribution in [0.4, 0.5) is 5.82 Å². The third-order valence-corrected chi connectivity index (χ3v) is 7.91. The van der Waals surface area contributed by atoms with Crippen LogP contribution in [0.5, 0.6) is 0 Å². The van der Waals surface area contributed by atoms with Crippen molar-refractivity contribution in [2.75, 3.05) is 24.7 Å². The first kappa shape index (κ1) is 25.4. The molecule has 6 heterocycles. The standard InChI is InChI=1S/C28H31N7O3S/c1-16-15-37-13-12-35(16)27-24-23(32-26(33-27)18-7-10-30-25-17(18)6-9-29-25)22(19-8-11-31-34(19)5)20(39-24)14-21(36)38-28(2,3)4/h6-11,16H,12-15H2,1-5H3,(H,29,30)/t16-/m1/s1. The van der Waals surface area contributed by atoms with Gasteiger partial charge in [0, 0.05) is 53.6 Å². The van der Waals surface area contributed by atoms with Crippen molar-refractivity contribution in [1.29, 1.82) is 0 Å². The Morgan fingerprint density at radius 2 is 2.08 bits per heavy atom. The quantitative estimate of drug-likeness (QED) is 0.315. The fourth-order valence-corrected chi connectivity index (χ4v) is 6.28. The van der Waals surface area contributed by atoms with Crippen molar-refractivity contribution in [3.05, 3.63) is 41.7 Å². The zero-order valence-corrected chi connectivity index (χ0v) is 23.5. The minimum atomic E-state index is -0.578. The number of aromatic amines is 1. The fourth-order valence-electron chi connectivity index (χ4n) is 5.04. The summed E-state index contributed by atoms with van der Waals surface area (Å²) in [5.41, 5.74) is 3.64. The maximum Gasteiger partial charge on any atom is 0.311 e. The number of fused-ring (bicyclic) bond motifs is 2. The van der Waals surface area contributed by atoms with E-state index >= 15 is 0 Å². The number of rotatable bonds is 5. The van der Waals surface area contributed by atoms with E-state index in [0.717, 1.165) is 48.8 Å². The summed E-state index contributed by atoms with van der Waals surface area (Å²) >= 11 is 1.55. The molecule has 1 aliphatic rings. The number of esters is 1. The van der Waals surface area contributed by atoms with E-state index in [1.165, 1.54) is 0 Å². The third kappa shape index (κ3) is 4.76. The number of hydrogen-bond donors (Lipinski definition) is 1. The summed E-state index contributed by atoms with van der Waals surface area (Å²) in [6.07, 6.45) is 5.52. The Balaban J connectivity index is 1.62. The predicted octanol–water partition coefficient (Wildman–Crippen LogP) is 4.74. The first-order valence-corrected chi connectivity index (χ1v) is 13.8. The first-order chi connectivity index (χ1) is 18.7. The number of ether oxygens (including phenoxy) is 2. The summed E-state index contributed by atoms with van der Waals surface area (Å²) in [5, 5.41) is 5.37. The van der Waals surface area contributed by atoms with Gasteiger partial charge in [-0.05, 0) is 45.9 Å². The molecule has 0 aromatic carbocycles. The molecular formula is C28H31N7O3S. The van der Waals surface area contributed by atoms with Crippen molar-refractivity contribution in [2.24, 2.45) is 7.05 Å². The Kier molecular flexibility index (Phi) is 6.35. The van der Waals surface area contributed by atoms with Gasteiger partial charge in [0.2, 0.25) is 0 Å². The van der Waals surface area contributed by atoms with Gasteiger partial charge in [-0.25, -0.2) is 15.0 Å². The Morgan fingerprint density at radius 3 is 2.82 bits per heavy atom. The van der Waals surface area contributed by atoms with Crippen LogP contribution in [0.25, 0.3) is 43.9 Å². The molecule has 0 saturated carbocycles. The van der Waals surface area contributed by atoms with Crippen LogP contribution in [0.15, 0.2) is 36.8 Å². The van der Waals surface area contributed by atoms with E-state index in [1.807, 2.05) is 56.9 Å². The Bertz CT molecular complexity index is 1680. The van der Waals surface area contributed by atoms with Crippen LogP contribution in [0.1, 0.15) is 32.6 Å². The van der Waals surface area contributed by atoms with Gasteiger partial charge < -0.3 is 19.4 Å². The van der Waals surface area contributed by atoms with Crippen LogP contribution in [0.2, 0.25) is 0 Å². The molecule has 1 atom stereocenters. The van der Waals surface area contributed by atoms with Crippen LogP contribution in [0, 0.1) is 0 Å². The van der Waals surface area contributed by atoms with Crippen molar-refractivity contribution < 1.29 is 14.3 Å². The van der Waals surface area contributed by atoms with Crippen LogP contribution >= 0.6 is 11.3 Å². The molecular weight excluding hydrogens is 514 g/mol. The highest BCUT2D eigenvalue weighted by molar-refractivity contribution is 7.20. The molecule has 1 aliphatic heterocycles. The lowest BCUT2D eigenvalue weighted by atomic mass is 10.1. The average Bonchev–Trinajstić information content (AvgIpc) is 3.60. The highest BCUT2D eigenvalue weighted by atomic mass is 32.1. The predicted molar refractivity (Wildman–Crippen MR) is 152 cm³/mol. The number of H-pyrrole nitrogens is 1. The molecule has 202 valence electrons. The molecule has 1 fully saturated rings. The number of pyridine rings is 1. The molecule has 1 N–H and O–H groups in total. The Labute approximate surface area is 230 Å². The van der Waals surface area contributed by atoms with E-state index in [9.17, 15) is 4.79 Å². The first-order valence-electron chi connectivity index (χ1n) is 13.0. The third-order valence-electron chi connectivity index (χ3n) is 6.73. The number of anilines is 1. The largest absolute Gasteiger partial charge is 0.460 e. The number of aromatic nitrogens is 6. The normalized spacial score (nSPS) is 16.3. The molecule has 0 unspecified atom stereocenters. The summed E-state index contributed by atoms with van der Waals surface area (Å²) in [6, 6.07) is 6.02. The lowest BCUT2D eigenvalue weighted by Crippen LogP contribution is -2.44. The molecule has 0 aliphatic carbocycles. The second kappa shape index (κ2) is 9.73. The van der Waals surface area contributed by atoms with Crippen molar-refractivity contribution in [3.8, 4) is 22.6 Å². The fraction of sp³-hybridized carbons (Fsp3) is 0.393. The maximum absolute atomic E-state index is 13.0. The molecule has 5 aromatic heterocycles. The van der Waals surface area contributed by atoms with Crippen molar-refractivity contribution in [1.82, 2.24) is 29.7 Å². The van der Waals surface area contributed by atoms with E-state index in [4.69, 9.17) is 19.4 Å². The molecule has 11 heteroatoms. The van der Waals surface area contributed by atoms with Gasteiger partial charge in [-0.15, -0.1) is 11.3 Å². The molecule has 0 radical (unpaired) electrons. The number of aryl methyl sites for hydroxylation is 1. The summed E-state index contributed by atoms with van der Waals surface area (Å²) in [4.78, 5) is 34.2. The van der Waals surface area contributed by atoms with E-state index in [-0.39, 0.29) is 18.4 Å². The van der Waals surface area contributed by atoms with Crippen molar-refractivity contribution in [2.45, 2.75) is 45.8 Å².